The molecule has 1 N–H and O–H groups in total. The number of furan rings is 1. The predicted octanol–water partition coefficient (Wildman–Crippen LogP) is 3.28. The first-order valence-corrected chi connectivity index (χ1v) is 8.96. The third-order valence-corrected chi connectivity index (χ3v) is 4.51. The number of nitrogens with zero attached hydrogens (tertiary/aromatic N) is 1. The van der Waals surface area contributed by atoms with E-state index in [-0.39, 0.29) is 30.1 Å². The molecule has 0 bridgehead atoms. The van der Waals surface area contributed by atoms with Crippen LogP contribution >= 0.6 is 15.9 Å². The van der Waals surface area contributed by atoms with Crippen LogP contribution < -0.4 is 10.1 Å². The molecular formula is C18H18BrFN2O4. The van der Waals surface area contributed by atoms with Crippen molar-refractivity contribution in [3.63, 3.8) is 0 Å². The van der Waals surface area contributed by atoms with Gasteiger partial charge in [0.05, 0.1) is 19.2 Å². The number of amides is 2. The van der Waals surface area contributed by atoms with Crippen LogP contribution in [0.25, 0.3) is 0 Å². The summed E-state index contributed by atoms with van der Waals surface area (Å²) < 4.78 is 24.9. The third-order valence-electron chi connectivity index (χ3n) is 4.09. The zero-order valence-electron chi connectivity index (χ0n) is 14.1. The SMILES string of the molecule is CN(CC(=O)N[C@H]1CCCOc2ccc(F)cc21)C(=O)c1ccc(Br)o1. The van der Waals surface area contributed by atoms with Gasteiger partial charge in [-0.25, -0.2) is 4.39 Å². The van der Waals surface area contributed by atoms with Crippen molar-refractivity contribution in [3.05, 3.63) is 52.1 Å². The van der Waals surface area contributed by atoms with Gasteiger partial charge >= 0.3 is 0 Å². The number of nitrogens with one attached hydrogen (secondary N) is 1. The lowest BCUT2D eigenvalue weighted by molar-refractivity contribution is -0.122. The van der Waals surface area contributed by atoms with Crippen LogP contribution in [0, 0.1) is 5.82 Å². The molecule has 0 aliphatic carbocycles. The van der Waals surface area contributed by atoms with Gasteiger partial charge in [0.15, 0.2) is 10.4 Å². The summed E-state index contributed by atoms with van der Waals surface area (Å²) in [6.07, 6.45) is 1.36. The molecule has 138 valence electrons. The van der Waals surface area contributed by atoms with E-state index in [0.29, 0.717) is 29.0 Å². The second-order valence-corrected chi connectivity index (χ2v) is 6.84. The van der Waals surface area contributed by atoms with Crippen molar-refractivity contribution < 1.29 is 23.1 Å². The van der Waals surface area contributed by atoms with E-state index in [1.165, 1.54) is 30.1 Å². The fourth-order valence-electron chi connectivity index (χ4n) is 2.84. The van der Waals surface area contributed by atoms with Crippen molar-refractivity contribution in [2.75, 3.05) is 20.2 Å². The standard InChI is InChI=1S/C18H18BrFN2O4/c1-22(18(24)15-6-7-16(19)26-15)10-17(23)21-13-3-2-8-25-14-5-4-11(20)9-12(13)14/h4-7,9,13H,2-3,8,10H2,1H3,(H,21,23)/t13-/m0/s1. The van der Waals surface area contributed by atoms with Crippen LogP contribution in [0.15, 0.2) is 39.4 Å². The van der Waals surface area contributed by atoms with Gasteiger partial charge in [-0.2, -0.15) is 0 Å². The lowest BCUT2D eigenvalue weighted by atomic mass is 10.0. The monoisotopic (exact) mass is 424 g/mol. The Labute approximate surface area is 158 Å². The quantitative estimate of drug-likeness (QED) is 0.817. The zero-order valence-corrected chi connectivity index (χ0v) is 15.7. The van der Waals surface area contributed by atoms with Crippen LogP contribution in [0.4, 0.5) is 4.39 Å². The number of carbonyl (C=O) groups is 2. The van der Waals surface area contributed by atoms with Gasteiger partial charge in [-0.15, -0.1) is 0 Å². The topological polar surface area (TPSA) is 71.8 Å². The zero-order chi connectivity index (χ0) is 18.7. The van der Waals surface area contributed by atoms with E-state index >= 15 is 0 Å². The molecule has 0 saturated carbocycles. The molecule has 1 aliphatic rings. The number of hydrogen-bond donors (Lipinski definition) is 1. The maximum Gasteiger partial charge on any atom is 0.289 e. The fourth-order valence-corrected chi connectivity index (χ4v) is 3.15. The molecule has 0 saturated heterocycles. The molecule has 2 aromatic rings. The van der Waals surface area contributed by atoms with E-state index in [4.69, 9.17) is 9.15 Å². The summed E-state index contributed by atoms with van der Waals surface area (Å²) in [7, 11) is 1.52. The van der Waals surface area contributed by atoms with Gasteiger partial charge in [0.25, 0.3) is 5.91 Å². The highest BCUT2D eigenvalue weighted by molar-refractivity contribution is 9.10. The number of benzene rings is 1. The van der Waals surface area contributed by atoms with Crippen LogP contribution in [-0.2, 0) is 4.79 Å². The van der Waals surface area contributed by atoms with Crippen molar-refractivity contribution in [2.45, 2.75) is 18.9 Å². The van der Waals surface area contributed by atoms with Crippen molar-refractivity contribution in [1.29, 1.82) is 0 Å². The highest BCUT2D eigenvalue weighted by Gasteiger charge is 2.24. The second-order valence-electron chi connectivity index (χ2n) is 6.06. The van der Waals surface area contributed by atoms with E-state index < -0.39 is 5.91 Å². The lowest BCUT2D eigenvalue weighted by Gasteiger charge is -2.21. The summed E-state index contributed by atoms with van der Waals surface area (Å²) >= 11 is 3.14. The molecule has 2 amide bonds. The summed E-state index contributed by atoms with van der Waals surface area (Å²) in [5.74, 6) is -0.416. The van der Waals surface area contributed by atoms with Gasteiger partial charge in [0.1, 0.15) is 11.6 Å². The van der Waals surface area contributed by atoms with Crippen LogP contribution in [0.1, 0.15) is 35.0 Å². The molecule has 0 unspecified atom stereocenters. The molecule has 0 fully saturated rings. The number of halogens is 2. The lowest BCUT2D eigenvalue weighted by Crippen LogP contribution is -2.39. The highest BCUT2D eigenvalue weighted by Crippen LogP contribution is 2.32. The average molecular weight is 425 g/mol. The highest BCUT2D eigenvalue weighted by atomic mass is 79.9. The van der Waals surface area contributed by atoms with E-state index in [0.717, 1.165) is 6.42 Å². The molecule has 8 heteroatoms. The van der Waals surface area contributed by atoms with Crippen molar-refractivity contribution in [1.82, 2.24) is 10.2 Å². The summed E-state index contributed by atoms with van der Waals surface area (Å²) in [6.45, 7) is 0.371. The number of carbonyl (C=O) groups excluding carboxylic acids is 2. The van der Waals surface area contributed by atoms with E-state index in [2.05, 4.69) is 21.2 Å². The Morgan fingerprint density at radius 3 is 2.88 bits per heavy atom. The molecule has 1 aromatic carbocycles. The summed E-state index contributed by atoms with van der Waals surface area (Å²) in [6, 6.07) is 7.05. The number of fused-ring (bicyclic) bond motifs is 1. The summed E-state index contributed by atoms with van der Waals surface area (Å²) in [4.78, 5) is 25.9. The summed E-state index contributed by atoms with van der Waals surface area (Å²) in [5.41, 5.74) is 0.611. The minimum atomic E-state index is -0.401. The van der Waals surface area contributed by atoms with Crippen LogP contribution in [-0.4, -0.2) is 36.9 Å². The second kappa shape index (κ2) is 7.90. The molecule has 1 aliphatic heterocycles. The van der Waals surface area contributed by atoms with Gasteiger partial charge in [-0.3, -0.25) is 9.59 Å². The Hall–Kier alpha value is -2.35. The number of rotatable bonds is 4. The number of likely N-dealkylation sites (N-methyl/N-ethyl adjacent to an activating group) is 1. The van der Waals surface area contributed by atoms with Gasteiger partial charge in [0.2, 0.25) is 5.91 Å². The summed E-state index contributed by atoms with van der Waals surface area (Å²) in [5, 5.41) is 2.87. The minimum absolute atomic E-state index is 0.140. The van der Waals surface area contributed by atoms with Crippen molar-refractivity contribution in [2.24, 2.45) is 0 Å². The van der Waals surface area contributed by atoms with Gasteiger partial charge in [-0.05, 0) is 59.1 Å². The number of hydrogen-bond acceptors (Lipinski definition) is 4. The van der Waals surface area contributed by atoms with Gasteiger partial charge in [0, 0.05) is 12.6 Å². The number of ether oxygens (including phenoxy) is 1. The molecule has 26 heavy (non-hydrogen) atoms. The maximum atomic E-state index is 13.6. The normalized spacial score (nSPS) is 16.2. The molecular weight excluding hydrogens is 407 g/mol. The van der Waals surface area contributed by atoms with E-state index in [1.807, 2.05) is 0 Å². The molecule has 0 spiro atoms. The van der Waals surface area contributed by atoms with E-state index in [1.54, 1.807) is 12.1 Å². The first-order chi connectivity index (χ1) is 12.4. The maximum absolute atomic E-state index is 13.6. The molecule has 6 nitrogen and oxygen atoms in total. The molecule has 1 aromatic heterocycles. The van der Waals surface area contributed by atoms with Crippen LogP contribution in [0.5, 0.6) is 5.75 Å². The molecule has 2 heterocycles. The third kappa shape index (κ3) is 4.24. The largest absolute Gasteiger partial charge is 0.493 e. The van der Waals surface area contributed by atoms with Crippen molar-refractivity contribution in [3.8, 4) is 5.75 Å². The van der Waals surface area contributed by atoms with Crippen LogP contribution in [0.2, 0.25) is 0 Å². The average Bonchev–Trinajstić information content (AvgIpc) is 2.94. The fraction of sp³-hybridized carbons (Fsp3) is 0.333. The molecule has 3 rings (SSSR count). The van der Waals surface area contributed by atoms with E-state index in [9.17, 15) is 14.0 Å². The smallest absolute Gasteiger partial charge is 0.289 e. The predicted molar refractivity (Wildman–Crippen MR) is 95.4 cm³/mol. The molecule has 1 atom stereocenters. The van der Waals surface area contributed by atoms with Crippen molar-refractivity contribution >= 4 is 27.7 Å². The first kappa shape index (κ1) is 18.4. The Balaban J connectivity index is 1.66. The Morgan fingerprint density at radius 2 is 2.15 bits per heavy atom. The first-order valence-electron chi connectivity index (χ1n) is 8.16. The minimum Gasteiger partial charge on any atom is -0.493 e. The Kier molecular flexibility index (Phi) is 5.61. The Bertz CT molecular complexity index is 823. The van der Waals surface area contributed by atoms with Crippen LogP contribution in [0.3, 0.4) is 0 Å². The molecule has 0 radical (unpaired) electrons. The van der Waals surface area contributed by atoms with Gasteiger partial charge < -0.3 is 19.4 Å². The Morgan fingerprint density at radius 1 is 1.35 bits per heavy atom. The van der Waals surface area contributed by atoms with Gasteiger partial charge in [-0.1, -0.05) is 0 Å².